The van der Waals surface area contributed by atoms with Crippen LogP contribution in [0.5, 0.6) is 0 Å². The van der Waals surface area contributed by atoms with Crippen LogP contribution in [-0.2, 0) is 11.3 Å². The van der Waals surface area contributed by atoms with E-state index in [-0.39, 0.29) is 5.91 Å². The van der Waals surface area contributed by atoms with Crippen molar-refractivity contribution in [2.75, 3.05) is 11.4 Å². The number of anilines is 1. The summed E-state index contributed by atoms with van der Waals surface area (Å²) < 4.78 is 6.98. The molecule has 0 bridgehead atoms. The van der Waals surface area contributed by atoms with Gasteiger partial charge in [-0.3, -0.25) is 14.7 Å². The summed E-state index contributed by atoms with van der Waals surface area (Å²) in [7, 11) is 0. The summed E-state index contributed by atoms with van der Waals surface area (Å²) in [5, 5.41) is 8.02. The summed E-state index contributed by atoms with van der Waals surface area (Å²) >= 11 is 0. The van der Waals surface area contributed by atoms with Crippen molar-refractivity contribution in [1.82, 2.24) is 24.8 Å². The predicted molar refractivity (Wildman–Crippen MR) is 99.0 cm³/mol. The first-order chi connectivity index (χ1) is 13.1. The fourth-order valence-electron chi connectivity index (χ4n) is 3.58. The molecule has 4 aromatic rings. The van der Waals surface area contributed by atoms with Crippen LogP contribution in [0.2, 0.25) is 0 Å². The summed E-state index contributed by atoms with van der Waals surface area (Å²) in [5.41, 5.74) is 5.43. The Morgan fingerprint density at radius 1 is 1.07 bits per heavy atom. The smallest absolute Gasteiger partial charge is 0.226 e. The highest BCUT2D eigenvalue weighted by Crippen LogP contribution is 2.39. The van der Waals surface area contributed by atoms with E-state index in [1.165, 1.54) is 0 Å². The van der Waals surface area contributed by atoms with Gasteiger partial charge in [0, 0.05) is 31.3 Å². The van der Waals surface area contributed by atoms with E-state index in [4.69, 9.17) is 9.61 Å². The number of amides is 1. The van der Waals surface area contributed by atoms with E-state index in [0.717, 1.165) is 28.3 Å². The van der Waals surface area contributed by atoms with Gasteiger partial charge >= 0.3 is 0 Å². The molecular weight excluding hydrogens is 344 g/mol. The standard InChI is InChI=1S/C19H16N6O2/c1-11-5-3-7-14(20-11)17-18(13-6-4-8-15-16(13)23-27-22-15)25-10-9-24(12(2)26)19(25)21-17/h3-8H,9-10H2,1-2H3. The Morgan fingerprint density at radius 2 is 1.93 bits per heavy atom. The van der Waals surface area contributed by atoms with Crippen molar-refractivity contribution >= 4 is 22.9 Å². The number of pyridine rings is 1. The number of rotatable bonds is 2. The first-order valence-corrected chi connectivity index (χ1v) is 8.68. The number of imidazole rings is 1. The normalized spacial score (nSPS) is 13.3. The van der Waals surface area contributed by atoms with Crippen molar-refractivity contribution in [3.05, 3.63) is 42.1 Å². The lowest BCUT2D eigenvalue weighted by Crippen LogP contribution is -2.26. The largest absolute Gasteiger partial charge is 0.307 e. The molecule has 0 unspecified atom stereocenters. The second-order valence-corrected chi connectivity index (χ2v) is 6.53. The summed E-state index contributed by atoms with van der Waals surface area (Å²) in [6.07, 6.45) is 0. The molecule has 8 nitrogen and oxygen atoms in total. The first-order valence-electron chi connectivity index (χ1n) is 8.68. The van der Waals surface area contributed by atoms with Gasteiger partial charge in [0.05, 0.1) is 11.4 Å². The molecule has 1 aliphatic heterocycles. The number of fused-ring (bicyclic) bond motifs is 2. The molecular formula is C19H16N6O2. The van der Waals surface area contributed by atoms with Crippen molar-refractivity contribution in [2.45, 2.75) is 20.4 Å². The lowest BCUT2D eigenvalue weighted by molar-refractivity contribution is -0.116. The minimum atomic E-state index is -0.0321. The van der Waals surface area contributed by atoms with Gasteiger partial charge in [0.2, 0.25) is 11.9 Å². The maximum Gasteiger partial charge on any atom is 0.226 e. The van der Waals surface area contributed by atoms with Gasteiger partial charge < -0.3 is 4.57 Å². The zero-order chi connectivity index (χ0) is 18.5. The van der Waals surface area contributed by atoms with Crippen LogP contribution in [0.4, 0.5) is 5.95 Å². The Hall–Kier alpha value is -3.55. The molecule has 3 aromatic heterocycles. The van der Waals surface area contributed by atoms with Crippen LogP contribution in [0.15, 0.2) is 41.0 Å². The molecule has 5 rings (SSSR count). The summed E-state index contributed by atoms with van der Waals surface area (Å²) in [4.78, 5) is 23.2. The number of hydrogen-bond acceptors (Lipinski definition) is 6. The van der Waals surface area contributed by atoms with E-state index < -0.39 is 0 Å². The zero-order valence-electron chi connectivity index (χ0n) is 14.9. The van der Waals surface area contributed by atoms with E-state index in [2.05, 4.69) is 15.3 Å². The molecule has 0 fully saturated rings. The molecule has 8 heteroatoms. The van der Waals surface area contributed by atoms with Gasteiger partial charge in [0.1, 0.15) is 16.7 Å². The molecule has 0 spiro atoms. The van der Waals surface area contributed by atoms with Crippen LogP contribution >= 0.6 is 0 Å². The average molecular weight is 360 g/mol. The van der Waals surface area contributed by atoms with Crippen molar-refractivity contribution in [1.29, 1.82) is 0 Å². The molecule has 0 saturated heterocycles. The van der Waals surface area contributed by atoms with Gasteiger partial charge in [-0.1, -0.05) is 18.2 Å². The molecule has 0 N–H and O–H groups in total. The van der Waals surface area contributed by atoms with Gasteiger partial charge in [-0.15, -0.1) is 0 Å². The lowest BCUT2D eigenvalue weighted by atomic mass is 10.1. The van der Waals surface area contributed by atoms with Gasteiger partial charge in [0.15, 0.2) is 0 Å². The van der Waals surface area contributed by atoms with Crippen molar-refractivity contribution in [3.8, 4) is 22.6 Å². The van der Waals surface area contributed by atoms with Crippen molar-refractivity contribution < 1.29 is 9.42 Å². The molecule has 0 atom stereocenters. The lowest BCUT2D eigenvalue weighted by Gasteiger charge is -2.09. The molecule has 4 heterocycles. The fourth-order valence-corrected chi connectivity index (χ4v) is 3.58. The molecule has 0 radical (unpaired) electrons. The highest BCUT2D eigenvalue weighted by atomic mass is 16.6. The van der Waals surface area contributed by atoms with E-state index in [9.17, 15) is 4.79 Å². The topological polar surface area (TPSA) is 89.9 Å². The fraction of sp³-hybridized carbons (Fsp3) is 0.211. The molecule has 1 aliphatic rings. The summed E-state index contributed by atoms with van der Waals surface area (Å²) in [5.74, 6) is 0.597. The Balaban J connectivity index is 1.83. The van der Waals surface area contributed by atoms with E-state index >= 15 is 0 Å². The number of benzene rings is 1. The van der Waals surface area contributed by atoms with Crippen LogP contribution in [0.25, 0.3) is 33.7 Å². The van der Waals surface area contributed by atoms with Crippen LogP contribution in [0.1, 0.15) is 12.6 Å². The molecule has 1 amide bonds. The van der Waals surface area contributed by atoms with Crippen LogP contribution in [0, 0.1) is 6.92 Å². The molecule has 0 saturated carbocycles. The third-order valence-corrected chi connectivity index (χ3v) is 4.79. The zero-order valence-corrected chi connectivity index (χ0v) is 14.9. The highest BCUT2D eigenvalue weighted by molar-refractivity contribution is 5.97. The van der Waals surface area contributed by atoms with Crippen LogP contribution in [-0.4, -0.2) is 37.3 Å². The quantitative estimate of drug-likeness (QED) is 0.546. The number of aryl methyl sites for hydroxylation is 1. The van der Waals surface area contributed by atoms with Gasteiger partial charge in [0.25, 0.3) is 0 Å². The van der Waals surface area contributed by atoms with Crippen LogP contribution < -0.4 is 4.90 Å². The number of hydrogen-bond donors (Lipinski definition) is 0. The monoisotopic (exact) mass is 360 g/mol. The SMILES string of the molecule is CC(=O)N1CCn2c1nc(-c1cccc(C)n1)c2-c1cccc2nonc12. The molecule has 0 aliphatic carbocycles. The Kier molecular flexibility index (Phi) is 3.33. The minimum absolute atomic E-state index is 0.0321. The maximum atomic E-state index is 12.0. The highest BCUT2D eigenvalue weighted by Gasteiger charge is 2.31. The first kappa shape index (κ1) is 15.7. The van der Waals surface area contributed by atoms with Gasteiger partial charge in [-0.25, -0.2) is 9.61 Å². The number of carbonyl (C=O) groups is 1. The predicted octanol–water partition coefficient (Wildman–Crippen LogP) is 2.82. The Labute approximate surface area is 154 Å². The molecule has 134 valence electrons. The van der Waals surface area contributed by atoms with Crippen LogP contribution in [0.3, 0.4) is 0 Å². The number of nitrogens with zero attached hydrogens (tertiary/aromatic N) is 6. The minimum Gasteiger partial charge on any atom is -0.307 e. The Morgan fingerprint density at radius 3 is 2.74 bits per heavy atom. The Bertz CT molecular complexity index is 1190. The van der Waals surface area contributed by atoms with E-state index in [1.807, 2.05) is 47.9 Å². The van der Waals surface area contributed by atoms with Crippen molar-refractivity contribution in [3.63, 3.8) is 0 Å². The van der Waals surface area contributed by atoms with E-state index in [0.29, 0.717) is 30.1 Å². The number of carbonyl (C=O) groups excluding carboxylic acids is 1. The van der Waals surface area contributed by atoms with Gasteiger partial charge in [-0.2, -0.15) is 0 Å². The maximum absolute atomic E-state index is 12.0. The molecule has 27 heavy (non-hydrogen) atoms. The second kappa shape index (κ2) is 5.73. The van der Waals surface area contributed by atoms with Crippen molar-refractivity contribution in [2.24, 2.45) is 0 Å². The molecule has 1 aromatic carbocycles. The third-order valence-electron chi connectivity index (χ3n) is 4.79. The number of aromatic nitrogens is 5. The average Bonchev–Trinajstić information content (AvgIpc) is 3.35. The summed E-state index contributed by atoms with van der Waals surface area (Å²) in [6, 6.07) is 11.5. The third kappa shape index (κ3) is 2.33. The summed E-state index contributed by atoms with van der Waals surface area (Å²) in [6.45, 7) is 4.75. The second-order valence-electron chi connectivity index (χ2n) is 6.53. The van der Waals surface area contributed by atoms with E-state index in [1.54, 1.807) is 11.8 Å². The van der Waals surface area contributed by atoms with Gasteiger partial charge in [-0.05, 0) is 35.4 Å².